The second-order valence-corrected chi connectivity index (χ2v) is 0.866. The summed E-state index contributed by atoms with van der Waals surface area (Å²) in [4.78, 5) is 9.32. The Morgan fingerprint density at radius 2 is 1.60 bits per heavy atom. The summed E-state index contributed by atoms with van der Waals surface area (Å²) in [6.45, 7) is 1.80. The van der Waals surface area contributed by atoms with Crippen molar-refractivity contribution in [2.75, 3.05) is 0 Å². The maximum atomic E-state index is 9.32. The van der Waals surface area contributed by atoms with Gasteiger partial charge in [-0.1, -0.05) is 6.08 Å². The van der Waals surface area contributed by atoms with Crippen LogP contribution in [0, 0.1) is 0 Å². The Kier molecular flexibility index (Phi) is 70.1. The molecular formula is C4H6Na2O3S. The monoisotopic (exact) mass is 180 g/mol. The summed E-state index contributed by atoms with van der Waals surface area (Å²) in [5.74, 6) is 0. The van der Waals surface area contributed by atoms with Gasteiger partial charge in [0.25, 0.3) is 0 Å². The van der Waals surface area contributed by atoms with Crippen LogP contribution < -0.4 is 59.1 Å². The summed E-state index contributed by atoms with van der Waals surface area (Å²) in [5, 5.41) is 0. The fourth-order valence-corrected chi connectivity index (χ4v) is 0.0786. The van der Waals surface area contributed by atoms with E-state index >= 15 is 0 Å². The predicted molar refractivity (Wildman–Crippen MR) is 30.0 cm³/mol. The summed E-state index contributed by atoms with van der Waals surface area (Å²) in [7, 11) is 0. The largest absolute Gasteiger partial charge is 1.00 e. The number of carbonyl (C=O) groups is 1. The van der Waals surface area contributed by atoms with E-state index < -0.39 is 12.3 Å². The molecule has 0 fully saturated rings. The standard InChI is InChI=1S/C4H6O.2Na.H2O2S/c1-2-3-4-5;;;1-3-2/h2-4H,1H3;;;1-2H/q;2*+1;/p-2. The first-order valence-corrected chi connectivity index (χ1v) is 2.48. The van der Waals surface area contributed by atoms with Crippen LogP contribution in [-0.2, 0) is 4.79 Å². The van der Waals surface area contributed by atoms with Crippen molar-refractivity contribution in [1.82, 2.24) is 0 Å². The molecule has 0 rings (SSSR count). The van der Waals surface area contributed by atoms with Crippen molar-refractivity contribution in [3.8, 4) is 0 Å². The normalized spacial score (nSPS) is 6.30. The summed E-state index contributed by atoms with van der Waals surface area (Å²) in [6, 6.07) is 0. The third kappa shape index (κ3) is 53.9. The van der Waals surface area contributed by atoms with Crippen LogP contribution in [0.1, 0.15) is 6.92 Å². The Morgan fingerprint density at radius 3 is 1.60 bits per heavy atom. The molecule has 0 unspecified atom stereocenters. The molecular weight excluding hydrogens is 174 g/mol. The van der Waals surface area contributed by atoms with Crippen molar-refractivity contribution < 1.29 is 73.0 Å². The fraction of sp³-hybridized carbons (Fsp3) is 0.250. The molecule has 0 bridgehead atoms. The van der Waals surface area contributed by atoms with Crippen LogP contribution in [0.25, 0.3) is 0 Å². The summed E-state index contributed by atoms with van der Waals surface area (Å²) in [5.41, 5.74) is 0. The van der Waals surface area contributed by atoms with E-state index in [1.807, 2.05) is 0 Å². The van der Waals surface area contributed by atoms with E-state index in [0.717, 1.165) is 6.29 Å². The number of hydrogen-bond donors (Lipinski definition) is 0. The second-order valence-electron chi connectivity index (χ2n) is 0.730. The van der Waals surface area contributed by atoms with Crippen LogP contribution in [0.5, 0.6) is 0 Å². The minimum absolute atomic E-state index is 0. The van der Waals surface area contributed by atoms with Gasteiger partial charge in [-0.3, -0.25) is 4.79 Å². The van der Waals surface area contributed by atoms with Crippen molar-refractivity contribution in [3.63, 3.8) is 0 Å². The molecule has 0 amide bonds. The average Bonchev–Trinajstić information content (AvgIpc) is 1.71. The molecule has 0 atom stereocenters. The van der Waals surface area contributed by atoms with E-state index in [1.165, 1.54) is 6.08 Å². The van der Waals surface area contributed by atoms with Gasteiger partial charge in [0.15, 0.2) is 0 Å². The molecule has 0 N–H and O–H groups in total. The maximum absolute atomic E-state index is 9.32. The van der Waals surface area contributed by atoms with Gasteiger partial charge in [-0.05, 0) is 13.0 Å². The molecule has 0 aromatic rings. The number of aldehydes is 1. The van der Waals surface area contributed by atoms with Gasteiger partial charge in [0.2, 0.25) is 0 Å². The maximum Gasteiger partial charge on any atom is 1.00 e. The molecule has 0 aliphatic carbocycles. The number of rotatable bonds is 1. The number of hydrogen-bond acceptors (Lipinski definition) is 4. The quantitative estimate of drug-likeness (QED) is 0.175. The smallest absolute Gasteiger partial charge is 0.811 e. The molecule has 3 nitrogen and oxygen atoms in total. The summed E-state index contributed by atoms with van der Waals surface area (Å²) in [6.07, 6.45) is 3.88. The topological polar surface area (TPSA) is 63.2 Å². The zero-order valence-corrected chi connectivity index (χ0v) is 11.2. The van der Waals surface area contributed by atoms with Crippen LogP contribution in [0.2, 0.25) is 0 Å². The van der Waals surface area contributed by atoms with E-state index in [-0.39, 0.29) is 59.1 Å². The summed E-state index contributed by atoms with van der Waals surface area (Å²) >= 11 is -0.750. The van der Waals surface area contributed by atoms with Crippen LogP contribution >= 0.6 is 12.3 Å². The van der Waals surface area contributed by atoms with Crippen molar-refractivity contribution in [2.45, 2.75) is 6.92 Å². The van der Waals surface area contributed by atoms with E-state index in [4.69, 9.17) is 9.11 Å². The molecule has 10 heavy (non-hydrogen) atoms. The Balaban J connectivity index is -0.0000000326. The first kappa shape index (κ1) is 22.6. The van der Waals surface area contributed by atoms with Crippen LogP contribution in [0.3, 0.4) is 0 Å². The molecule has 0 radical (unpaired) electrons. The number of allylic oxidation sites excluding steroid dienone is 2. The molecule has 0 aliphatic heterocycles. The van der Waals surface area contributed by atoms with Crippen molar-refractivity contribution in [3.05, 3.63) is 12.2 Å². The zero-order chi connectivity index (χ0) is 6.83. The van der Waals surface area contributed by atoms with Crippen LogP contribution in [0.4, 0.5) is 0 Å². The zero-order valence-electron chi connectivity index (χ0n) is 6.37. The van der Waals surface area contributed by atoms with E-state index in [0.29, 0.717) is 0 Å². The van der Waals surface area contributed by atoms with Gasteiger partial charge >= 0.3 is 59.1 Å². The molecule has 0 saturated heterocycles. The van der Waals surface area contributed by atoms with E-state index in [2.05, 4.69) is 0 Å². The fourth-order valence-electron chi connectivity index (χ4n) is 0.0786. The first-order valence-electron chi connectivity index (χ1n) is 1.81. The minimum Gasteiger partial charge on any atom is -0.811 e. The summed E-state index contributed by atoms with van der Waals surface area (Å²) < 4.78 is 16.6. The van der Waals surface area contributed by atoms with Crippen molar-refractivity contribution in [2.24, 2.45) is 0 Å². The average molecular weight is 180 g/mol. The number of carbonyl (C=O) groups excluding carboxylic acids is 1. The van der Waals surface area contributed by atoms with Gasteiger partial charge < -0.3 is 21.4 Å². The molecule has 0 heterocycles. The molecule has 48 valence electrons. The third-order valence-corrected chi connectivity index (χ3v) is 0.271. The van der Waals surface area contributed by atoms with E-state index in [9.17, 15) is 4.79 Å². The van der Waals surface area contributed by atoms with Gasteiger partial charge in [-0.25, -0.2) is 0 Å². The van der Waals surface area contributed by atoms with Crippen LogP contribution in [-0.4, -0.2) is 15.4 Å². The Bertz CT molecular complexity index is 69.5. The van der Waals surface area contributed by atoms with Crippen molar-refractivity contribution in [1.29, 1.82) is 0 Å². The Morgan fingerprint density at radius 1 is 1.30 bits per heavy atom. The van der Waals surface area contributed by atoms with Gasteiger partial charge in [-0.2, -0.15) is 0 Å². The van der Waals surface area contributed by atoms with Gasteiger partial charge in [0.1, 0.15) is 6.29 Å². The van der Waals surface area contributed by atoms with Gasteiger partial charge in [-0.15, -0.1) is 0 Å². The Hall–Kier alpha value is 1.68. The van der Waals surface area contributed by atoms with E-state index in [1.54, 1.807) is 13.0 Å². The Labute approximate surface area is 109 Å². The predicted octanol–water partition coefficient (Wildman–Crippen LogP) is -5.25. The molecule has 0 aromatic carbocycles. The molecule has 0 saturated carbocycles. The SMILES string of the molecule is CC=CC=O.[Na+].[Na+].[O-]S[O-]. The van der Waals surface area contributed by atoms with Crippen LogP contribution in [0.15, 0.2) is 12.2 Å². The molecule has 0 aliphatic rings. The van der Waals surface area contributed by atoms with Gasteiger partial charge in [0, 0.05) is 0 Å². The molecule has 0 spiro atoms. The second kappa shape index (κ2) is 31.0. The van der Waals surface area contributed by atoms with Crippen molar-refractivity contribution >= 4 is 18.6 Å². The van der Waals surface area contributed by atoms with Gasteiger partial charge in [0.05, 0.1) is 0 Å². The third-order valence-electron chi connectivity index (χ3n) is 0.271. The molecule has 0 aromatic heterocycles. The molecule has 6 heteroatoms. The minimum atomic E-state index is -0.750. The first-order chi connectivity index (χ1) is 3.83.